The van der Waals surface area contributed by atoms with Crippen molar-refractivity contribution in [1.82, 2.24) is 4.90 Å². The first-order valence-corrected chi connectivity index (χ1v) is 7.12. The topological polar surface area (TPSA) is 29.5 Å². The van der Waals surface area contributed by atoms with E-state index in [2.05, 4.69) is 30.9 Å². The van der Waals surface area contributed by atoms with Crippen LogP contribution in [0.3, 0.4) is 0 Å². The van der Waals surface area contributed by atoms with Crippen molar-refractivity contribution in [2.45, 2.75) is 39.3 Å². The molecule has 0 N–H and O–H groups in total. The standard InChI is InChI=1S/C16H23NO2/c1-4-19-16(18)15-12(2)10-11-17(15)13(3)14-8-6-5-7-9-14/h5-9,12-13,15H,4,10-11H2,1-3H3/t12-,13?,15+/m1/s1. The van der Waals surface area contributed by atoms with Crippen LogP contribution >= 0.6 is 0 Å². The van der Waals surface area contributed by atoms with Crippen LogP contribution < -0.4 is 0 Å². The molecule has 0 spiro atoms. The summed E-state index contributed by atoms with van der Waals surface area (Å²) in [6.45, 7) is 7.58. The Hall–Kier alpha value is -1.35. The van der Waals surface area contributed by atoms with E-state index in [1.54, 1.807) is 0 Å². The van der Waals surface area contributed by atoms with Crippen LogP contribution in [0.4, 0.5) is 0 Å². The molecule has 1 aromatic rings. The van der Waals surface area contributed by atoms with E-state index in [0.29, 0.717) is 12.5 Å². The molecule has 104 valence electrons. The minimum absolute atomic E-state index is 0.0738. The maximum Gasteiger partial charge on any atom is 0.323 e. The third-order valence-electron chi connectivity index (χ3n) is 4.05. The summed E-state index contributed by atoms with van der Waals surface area (Å²) in [5.74, 6) is 0.292. The molecule has 0 amide bonds. The fourth-order valence-corrected chi connectivity index (χ4v) is 2.93. The minimum Gasteiger partial charge on any atom is -0.465 e. The predicted molar refractivity (Wildman–Crippen MR) is 75.8 cm³/mol. The molecule has 1 fully saturated rings. The molecule has 1 unspecified atom stereocenters. The minimum atomic E-state index is -0.102. The van der Waals surface area contributed by atoms with Gasteiger partial charge in [-0.15, -0.1) is 0 Å². The number of likely N-dealkylation sites (tertiary alicyclic amines) is 1. The van der Waals surface area contributed by atoms with Gasteiger partial charge in [0.2, 0.25) is 0 Å². The third-order valence-corrected chi connectivity index (χ3v) is 4.05. The van der Waals surface area contributed by atoms with Gasteiger partial charge in [-0.3, -0.25) is 9.69 Å². The number of benzene rings is 1. The van der Waals surface area contributed by atoms with E-state index < -0.39 is 0 Å². The molecule has 3 nitrogen and oxygen atoms in total. The zero-order chi connectivity index (χ0) is 13.8. The van der Waals surface area contributed by atoms with Crippen LogP contribution in [-0.4, -0.2) is 30.1 Å². The molecule has 0 bridgehead atoms. The molecule has 0 aromatic heterocycles. The molecular weight excluding hydrogens is 238 g/mol. The highest BCUT2D eigenvalue weighted by atomic mass is 16.5. The monoisotopic (exact) mass is 261 g/mol. The predicted octanol–water partition coefficient (Wildman–Crippen LogP) is 3.02. The first-order chi connectivity index (χ1) is 9.15. The van der Waals surface area contributed by atoms with Crippen LogP contribution in [0.5, 0.6) is 0 Å². The normalized spacial score (nSPS) is 25.2. The lowest BCUT2D eigenvalue weighted by Gasteiger charge is -2.31. The number of carbonyl (C=O) groups excluding carboxylic acids is 1. The Morgan fingerprint density at radius 3 is 2.74 bits per heavy atom. The quantitative estimate of drug-likeness (QED) is 0.780. The smallest absolute Gasteiger partial charge is 0.323 e. The van der Waals surface area contributed by atoms with Crippen molar-refractivity contribution in [2.24, 2.45) is 5.92 Å². The van der Waals surface area contributed by atoms with Gasteiger partial charge in [0.15, 0.2) is 0 Å². The fraction of sp³-hybridized carbons (Fsp3) is 0.562. The number of ether oxygens (including phenoxy) is 1. The average Bonchev–Trinajstić information content (AvgIpc) is 2.81. The zero-order valence-electron chi connectivity index (χ0n) is 12.0. The lowest BCUT2D eigenvalue weighted by molar-refractivity contribution is -0.150. The van der Waals surface area contributed by atoms with Gasteiger partial charge < -0.3 is 4.74 Å². The summed E-state index contributed by atoms with van der Waals surface area (Å²) in [6.07, 6.45) is 1.06. The van der Waals surface area contributed by atoms with Crippen molar-refractivity contribution in [3.63, 3.8) is 0 Å². The Morgan fingerprint density at radius 2 is 2.11 bits per heavy atom. The van der Waals surface area contributed by atoms with Crippen molar-refractivity contribution in [2.75, 3.05) is 13.2 Å². The van der Waals surface area contributed by atoms with E-state index >= 15 is 0 Å². The van der Waals surface area contributed by atoms with Crippen LogP contribution in [0.1, 0.15) is 38.8 Å². The summed E-state index contributed by atoms with van der Waals surface area (Å²) in [6, 6.07) is 10.5. The van der Waals surface area contributed by atoms with Crippen molar-refractivity contribution in [3.8, 4) is 0 Å². The first-order valence-electron chi connectivity index (χ1n) is 7.12. The molecule has 1 heterocycles. The van der Waals surface area contributed by atoms with E-state index in [1.807, 2.05) is 25.1 Å². The second-order valence-corrected chi connectivity index (χ2v) is 5.29. The van der Waals surface area contributed by atoms with Crippen LogP contribution in [0.25, 0.3) is 0 Å². The second kappa shape index (κ2) is 6.20. The van der Waals surface area contributed by atoms with Gasteiger partial charge in [-0.25, -0.2) is 0 Å². The molecule has 19 heavy (non-hydrogen) atoms. The summed E-state index contributed by atoms with van der Waals surface area (Å²) >= 11 is 0. The molecule has 1 aliphatic heterocycles. The Bertz CT molecular complexity index is 418. The van der Waals surface area contributed by atoms with Crippen LogP contribution in [0.2, 0.25) is 0 Å². The Morgan fingerprint density at radius 1 is 1.42 bits per heavy atom. The van der Waals surface area contributed by atoms with Crippen molar-refractivity contribution >= 4 is 5.97 Å². The number of nitrogens with zero attached hydrogens (tertiary/aromatic N) is 1. The molecule has 0 saturated carbocycles. The maximum absolute atomic E-state index is 12.1. The highest BCUT2D eigenvalue weighted by molar-refractivity contribution is 5.76. The number of rotatable bonds is 4. The van der Waals surface area contributed by atoms with E-state index in [9.17, 15) is 4.79 Å². The van der Waals surface area contributed by atoms with Crippen molar-refractivity contribution in [1.29, 1.82) is 0 Å². The maximum atomic E-state index is 12.1. The summed E-state index contributed by atoms with van der Waals surface area (Å²) < 4.78 is 5.23. The van der Waals surface area contributed by atoms with Gasteiger partial charge in [-0.2, -0.15) is 0 Å². The van der Waals surface area contributed by atoms with Gasteiger partial charge in [-0.05, 0) is 38.3 Å². The van der Waals surface area contributed by atoms with Gasteiger partial charge in [0.05, 0.1) is 6.61 Å². The molecular formula is C16H23NO2. The van der Waals surface area contributed by atoms with Gasteiger partial charge in [0, 0.05) is 6.04 Å². The third kappa shape index (κ3) is 2.98. The molecule has 2 rings (SSSR count). The Kier molecular flexibility index (Phi) is 4.59. The molecule has 0 radical (unpaired) electrons. The van der Waals surface area contributed by atoms with Crippen molar-refractivity contribution < 1.29 is 9.53 Å². The van der Waals surface area contributed by atoms with Gasteiger partial charge in [0.25, 0.3) is 0 Å². The Labute approximate surface area is 115 Å². The lowest BCUT2D eigenvalue weighted by atomic mass is 10.0. The molecule has 3 atom stereocenters. The van der Waals surface area contributed by atoms with Gasteiger partial charge in [0.1, 0.15) is 6.04 Å². The number of esters is 1. The average molecular weight is 261 g/mol. The largest absolute Gasteiger partial charge is 0.465 e. The van der Waals surface area contributed by atoms with Crippen LogP contribution in [0.15, 0.2) is 30.3 Å². The van der Waals surface area contributed by atoms with E-state index in [4.69, 9.17) is 4.74 Å². The van der Waals surface area contributed by atoms with Gasteiger partial charge in [-0.1, -0.05) is 37.3 Å². The van der Waals surface area contributed by atoms with E-state index in [1.165, 1.54) is 5.56 Å². The summed E-state index contributed by atoms with van der Waals surface area (Å²) in [4.78, 5) is 14.4. The van der Waals surface area contributed by atoms with Crippen LogP contribution in [0, 0.1) is 5.92 Å². The highest BCUT2D eigenvalue weighted by Gasteiger charge is 2.40. The highest BCUT2D eigenvalue weighted by Crippen LogP contribution is 2.33. The fourth-order valence-electron chi connectivity index (χ4n) is 2.93. The Balaban J connectivity index is 2.16. The number of hydrogen-bond acceptors (Lipinski definition) is 3. The van der Waals surface area contributed by atoms with E-state index in [0.717, 1.165) is 13.0 Å². The molecule has 1 aliphatic rings. The zero-order valence-corrected chi connectivity index (χ0v) is 12.0. The van der Waals surface area contributed by atoms with Crippen LogP contribution in [-0.2, 0) is 9.53 Å². The molecule has 1 saturated heterocycles. The molecule has 1 aromatic carbocycles. The van der Waals surface area contributed by atoms with E-state index in [-0.39, 0.29) is 18.1 Å². The number of hydrogen-bond donors (Lipinski definition) is 0. The van der Waals surface area contributed by atoms with Crippen molar-refractivity contribution in [3.05, 3.63) is 35.9 Å². The summed E-state index contributed by atoms with van der Waals surface area (Å²) in [5, 5.41) is 0. The molecule has 3 heteroatoms. The lowest BCUT2D eigenvalue weighted by Crippen LogP contribution is -2.41. The number of carbonyl (C=O) groups is 1. The molecule has 0 aliphatic carbocycles. The SMILES string of the molecule is CCOC(=O)[C@@H]1[C@H](C)CCN1C(C)c1ccccc1. The first kappa shape index (κ1) is 14.1. The summed E-state index contributed by atoms with van der Waals surface area (Å²) in [7, 11) is 0. The van der Waals surface area contributed by atoms with Gasteiger partial charge >= 0.3 is 5.97 Å². The summed E-state index contributed by atoms with van der Waals surface area (Å²) in [5.41, 5.74) is 1.26. The second-order valence-electron chi connectivity index (χ2n) is 5.29.